The van der Waals surface area contributed by atoms with Crippen molar-refractivity contribution in [2.45, 2.75) is 12.5 Å². The number of hydrogen-bond acceptors (Lipinski definition) is 5. The fourth-order valence-corrected chi connectivity index (χ4v) is 2.69. The van der Waals surface area contributed by atoms with Crippen LogP contribution in [0.1, 0.15) is 20.2 Å². The Morgan fingerprint density at radius 2 is 2.18 bits per heavy atom. The Hall–Kier alpha value is -1.83. The molecule has 0 saturated carbocycles. The molecule has 7 heteroatoms. The van der Waals surface area contributed by atoms with Gasteiger partial charge in [0.25, 0.3) is 5.91 Å². The fourth-order valence-electron chi connectivity index (χ4n) is 1.82. The number of rotatable bonds is 7. The van der Waals surface area contributed by atoms with E-state index in [1.807, 2.05) is 0 Å². The minimum atomic E-state index is -0.736. The van der Waals surface area contributed by atoms with Gasteiger partial charge in [0.1, 0.15) is 10.7 Å². The van der Waals surface area contributed by atoms with Gasteiger partial charge in [0.15, 0.2) is 0 Å². The van der Waals surface area contributed by atoms with E-state index < -0.39 is 6.10 Å². The van der Waals surface area contributed by atoms with Crippen molar-refractivity contribution in [2.24, 2.45) is 0 Å². The Morgan fingerprint density at radius 1 is 1.45 bits per heavy atom. The number of hydrogen-bond donors (Lipinski definition) is 2. The second-order valence-corrected chi connectivity index (χ2v) is 5.86. The fraction of sp³-hybridized carbons (Fsp3) is 0.333. The molecule has 2 aromatic rings. The third-order valence-electron chi connectivity index (χ3n) is 2.90. The first-order chi connectivity index (χ1) is 10.6. The van der Waals surface area contributed by atoms with Gasteiger partial charge in [0.05, 0.1) is 23.9 Å². The molecule has 118 valence electrons. The molecule has 5 nitrogen and oxygen atoms in total. The second kappa shape index (κ2) is 7.98. The van der Waals surface area contributed by atoms with Crippen LogP contribution in [0.15, 0.2) is 30.5 Å². The van der Waals surface area contributed by atoms with E-state index in [4.69, 9.17) is 4.74 Å². The van der Waals surface area contributed by atoms with Crippen LogP contribution < -0.4 is 5.32 Å². The molecule has 0 fully saturated rings. The Morgan fingerprint density at radius 3 is 2.86 bits per heavy atom. The van der Waals surface area contributed by atoms with E-state index in [0.29, 0.717) is 11.3 Å². The quantitative estimate of drug-likeness (QED) is 0.812. The SMILES string of the molecule is COCC(O)CNC(=O)c1cnc(Cc2ccc(F)cc2)s1. The number of aliphatic hydroxyl groups excluding tert-OH is 1. The summed E-state index contributed by atoms with van der Waals surface area (Å²) in [7, 11) is 1.48. The Kier molecular flexibility index (Phi) is 6.00. The van der Waals surface area contributed by atoms with Gasteiger partial charge in [-0.25, -0.2) is 9.37 Å². The van der Waals surface area contributed by atoms with Crippen LogP contribution in [0.3, 0.4) is 0 Å². The molecule has 2 N–H and O–H groups in total. The van der Waals surface area contributed by atoms with Gasteiger partial charge in [0, 0.05) is 20.1 Å². The maximum Gasteiger partial charge on any atom is 0.263 e. The number of thiazole rings is 1. The number of amides is 1. The predicted molar refractivity (Wildman–Crippen MR) is 81.5 cm³/mol. The number of ether oxygens (including phenoxy) is 1. The number of methoxy groups -OCH3 is 1. The summed E-state index contributed by atoms with van der Waals surface area (Å²) in [6, 6.07) is 6.18. The molecule has 0 radical (unpaired) electrons. The van der Waals surface area contributed by atoms with E-state index in [9.17, 15) is 14.3 Å². The first kappa shape index (κ1) is 16.5. The second-order valence-electron chi connectivity index (χ2n) is 4.74. The minimum absolute atomic E-state index is 0.123. The molecule has 0 spiro atoms. The zero-order valence-electron chi connectivity index (χ0n) is 12.1. The van der Waals surface area contributed by atoms with Gasteiger partial charge in [-0.2, -0.15) is 0 Å². The van der Waals surface area contributed by atoms with Crippen molar-refractivity contribution in [1.29, 1.82) is 0 Å². The molecule has 2 rings (SSSR count). The van der Waals surface area contributed by atoms with E-state index in [-0.39, 0.29) is 24.9 Å². The summed E-state index contributed by atoms with van der Waals surface area (Å²) in [5, 5.41) is 12.9. The first-order valence-electron chi connectivity index (χ1n) is 6.73. The number of aromatic nitrogens is 1. The van der Waals surface area contributed by atoms with Crippen molar-refractivity contribution in [1.82, 2.24) is 10.3 Å². The van der Waals surface area contributed by atoms with Gasteiger partial charge in [-0.3, -0.25) is 4.79 Å². The number of nitrogens with one attached hydrogen (secondary N) is 1. The summed E-state index contributed by atoms with van der Waals surface area (Å²) in [5.74, 6) is -0.560. The van der Waals surface area contributed by atoms with Gasteiger partial charge >= 0.3 is 0 Å². The lowest BCUT2D eigenvalue weighted by Crippen LogP contribution is -2.33. The minimum Gasteiger partial charge on any atom is -0.389 e. The molecule has 22 heavy (non-hydrogen) atoms. The molecule has 1 aromatic heterocycles. The maximum atomic E-state index is 12.8. The summed E-state index contributed by atoms with van der Waals surface area (Å²) in [6.45, 7) is 0.288. The lowest BCUT2D eigenvalue weighted by Gasteiger charge is -2.09. The zero-order valence-corrected chi connectivity index (χ0v) is 12.9. The topological polar surface area (TPSA) is 71.5 Å². The van der Waals surface area contributed by atoms with Crippen LogP contribution in [0, 0.1) is 5.82 Å². The lowest BCUT2D eigenvalue weighted by molar-refractivity contribution is 0.0610. The van der Waals surface area contributed by atoms with Crippen LogP contribution in [-0.4, -0.2) is 42.4 Å². The summed E-state index contributed by atoms with van der Waals surface area (Å²) in [4.78, 5) is 16.6. The summed E-state index contributed by atoms with van der Waals surface area (Å²) < 4.78 is 17.6. The highest BCUT2D eigenvalue weighted by molar-refractivity contribution is 7.13. The van der Waals surface area contributed by atoms with Gasteiger partial charge in [-0.15, -0.1) is 11.3 Å². The van der Waals surface area contributed by atoms with Gasteiger partial charge < -0.3 is 15.2 Å². The molecule has 1 heterocycles. The third kappa shape index (κ3) is 4.87. The van der Waals surface area contributed by atoms with E-state index in [2.05, 4.69) is 10.3 Å². The van der Waals surface area contributed by atoms with Gasteiger partial charge in [-0.1, -0.05) is 12.1 Å². The van der Waals surface area contributed by atoms with Crippen molar-refractivity contribution in [3.8, 4) is 0 Å². The van der Waals surface area contributed by atoms with Crippen LogP contribution in [0.4, 0.5) is 4.39 Å². The highest BCUT2D eigenvalue weighted by atomic mass is 32.1. The number of carbonyl (C=O) groups is 1. The van der Waals surface area contributed by atoms with Gasteiger partial charge in [-0.05, 0) is 17.7 Å². The normalized spacial score (nSPS) is 12.1. The predicted octanol–water partition coefficient (Wildman–Crippen LogP) is 1.61. The monoisotopic (exact) mass is 324 g/mol. The highest BCUT2D eigenvalue weighted by Crippen LogP contribution is 2.17. The van der Waals surface area contributed by atoms with Crippen molar-refractivity contribution in [3.05, 3.63) is 51.7 Å². The summed E-state index contributed by atoms with van der Waals surface area (Å²) >= 11 is 1.28. The average Bonchev–Trinajstić information content (AvgIpc) is 2.96. The standard InChI is InChI=1S/C15H17FN2O3S/c1-21-9-12(19)7-18-15(20)13-8-17-14(22-13)6-10-2-4-11(16)5-3-10/h2-5,8,12,19H,6-7,9H2,1H3,(H,18,20). The Bertz CT molecular complexity index is 616. The number of carbonyl (C=O) groups excluding carboxylic acids is 1. The first-order valence-corrected chi connectivity index (χ1v) is 7.54. The molecule has 1 amide bonds. The molecule has 0 saturated heterocycles. The Labute approximate surface area is 131 Å². The molecular formula is C15H17FN2O3S. The maximum absolute atomic E-state index is 12.8. The van der Waals surface area contributed by atoms with Crippen molar-refractivity contribution >= 4 is 17.2 Å². The third-order valence-corrected chi connectivity index (χ3v) is 3.90. The molecular weight excluding hydrogens is 307 g/mol. The van der Waals surface area contributed by atoms with Crippen LogP contribution >= 0.6 is 11.3 Å². The molecule has 0 aliphatic heterocycles. The average molecular weight is 324 g/mol. The lowest BCUT2D eigenvalue weighted by atomic mass is 10.2. The van der Waals surface area contributed by atoms with E-state index in [1.54, 1.807) is 12.1 Å². The van der Waals surface area contributed by atoms with Crippen LogP contribution in [0.5, 0.6) is 0 Å². The Balaban J connectivity index is 1.90. The molecule has 0 aliphatic rings. The van der Waals surface area contributed by atoms with Crippen LogP contribution in [0.25, 0.3) is 0 Å². The molecule has 1 atom stereocenters. The molecule has 1 unspecified atom stereocenters. The van der Waals surface area contributed by atoms with E-state index in [0.717, 1.165) is 10.6 Å². The van der Waals surface area contributed by atoms with Crippen LogP contribution in [-0.2, 0) is 11.2 Å². The zero-order chi connectivity index (χ0) is 15.9. The number of benzene rings is 1. The number of halogens is 1. The van der Waals surface area contributed by atoms with E-state index >= 15 is 0 Å². The highest BCUT2D eigenvalue weighted by Gasteiger charge is 2.12. The number of nitrogens with zero attached hydrogens (tertiary/aromatic N) is 1. The molecule has 0 aliphatic carbocycles. The largest absolute Gasteiger partial charge is 0.389 e. The van der Waals surface area contributed by atoms with Gasteiger partial charge in [0.2, 0.25) is 0 Å². The smallest absolute Gasteiger partial charge is 0.263 e. The van der Waals surface area contributed by atoms with Crippen LogP contribution in [0.2, 0.25) is 0 Å². The van der Waals surface area contributed by atoms with Crippen molar-refractivity contribution in [3.63, 3.8) is 0 Å². The van der Waals surface area contributed by atoms with Crippen molar-refractivity contribution in [2.75, 3.05) is 20.3 Å². The van der Waals surface area contributed by atoms with E-state index in [1.165, 1.54) is 36.8 Å². The summed E-state index contributed by atoms with van der Waals surface area (Å²) in [5.41, 5.74) is 0.929. The number of aliphatic hydroxyl groups is 1. The molecule has 1 aromatic carbocycles. The molecule has 0 bridgehead atoms. The van der Waals surface area contributed by atoms with Crippen molar-refractivity contribution < 1.29 is 19.0 Å². The summed E-state index contributed by atoms with van der Waals surface area (Å²) in [6.07, 6.45) is 1.31.